The van der Waals surface area contributed by atoms with Crippen molar-refractivity contribution in [1.82, 2.24) is 9.97 Å². The van der Waals surface area contributed by atoms with Crippen molar-refractivity contribution in [1.29, 1.82) is 0 Å². The highest BCUT2D eigenvalue weighted by atomic mass is 14.9. The Kier molecular flexibility index (Phi) is 4.89. The lowest BCUT2D eigenvalue weighted by Gasteiger charge is -2.19. The minimum Gasteiger partial charge on any atom is -0.240 e. The minimum atomic E-state index is 0.355. The Labute approximate surface area is 151 Å². The van der Waals surface area contributed by atoms with E-state index in [1.165, 1.54) is 27.5 Å². The Morgan fingerprint density at radius 2 is 1.36 bits per heavy atom. The van der Waals surface area contributed by atoms with Crippen LogP contribution in [0.25, 0.3) is 21.9 Å². The van der Waals surface area contributed by atoms with Crippen molar-refractivity contribution in [3.8, 4) is 11.1 Å². The molecule has 0 spiro atoms. The molecule has 0 amide bonds. The second-order valence-electron chi connectivity index (χ2n) is 7.80. The highest BCUT2D eigenvalue weighted by Gasteiger charge is 2.14. The molecule has 3 aromatic rings. The molecule has 3 rings (SSSR count). The molecule has 25 heavy (non-hydrogen) atoms. The van der Waals surface area contributed by atoms with Gasteiger partial charge in [-0.1, -0.05) is 65.8 Å². The summed E-state index contributed by atoms with van der Waals surface area (Å²) in [6.45, 7) is 13.3. The van der Waals surface area contributed by atoms with Gasteiger partial charge in [-0.05, 0) is 45.4 Å². The third-order valence-electron chi connectivity index (χ3n) is 4.82. The van der Waals surface area contributed by atoms with Crippen LogP contribution in [0.5, 0.6) is 0 Å². The van der Waals surface area contributed by atoms with E-state index in [0.717, 1.165) is 11.4 Å². The molecule has 0 bridgehead atoms. The number of aromatic nitrogens is 2. The van der Waals surface area contributed by atoms with Crippen molar-refractivity contribution in [3.63, 3.8) is 0 Å². The van der Waals surface area contributed by atoms with Crippen LogP contribution in [0.4, 0.5) is 0 Å². The van der Waals surface area contributed by atoms with Crippen LogP contribution in [0.1, 0.15) is 76.2 Å². The van der Waals surface area contributed by atoms with Crippen LogP contribution >= 0.6 is 0 Å². The number of benzene rings is 2. The van der Waals surface area contributed by atoms with Gasteiger partial charge in [0.05, 0.1) is 0 Å². The fraction of sp³-hybridized carbons (Fsp3) is 0.391. The molecule has 0 N–H and O–H groups in total. The van der Waals surface area contributed by atoms with E-state index in [1.54, 1.807) is 0 Å². The average Bonchev–Trinajstić information content (AvgIpc) is 2.59. The van der Waals surface area contributed by atoms with Gasteiger partial charge >= 0.3 is 0 Å². The summed E-state index contributed by atoms with van der Waals surface area (Å²) in [5, 5.41) is 2.66. The SMILES string of the molecule is CC(C)c1ncc(-c2ccc3c(C(C)C)c(C(C)C)ccc3c2)cn1. The summed E-state index contributed by atoms with van der Waals surface area (Å²) in [6.07, 6.45) is 3.88. The predicted molar refractivity (Wildman–Crippen MR) is 107 cm³/mol. The normalized spacial score (nSPS) is 11.9. The zero-order valence-corrected chi connectivity index (χ0v) is 16.2. The van der Waals surface area contributed by atoms with Crippen LogP contribution in [0.3, 0.4) is 0 Å². The molecule has 0 saturated carbocycles. The number of rotatable bonds is 4. The molecule has 0 unspecified atom stereocenters. The minimum absolute atomic E-state index is 0.355. The zero-order valence-electron chi connectivity index (χ0n) is 16.2. The molecule has 0 saturated heterocycles. The van der Waals surface area contributed by atoms with Crippen LogP contribution in [-0.4, -0.2) is 9.97 Å². The van der Waals surface area contributed by atoms with E-state index in [0.29, 0.717) is 17.8 Å². The van der Waals surface area contributed by atoms with Crippen LogP contribution in [0, 0.1) is 0 Å². The van der Waals surface area contributed by atoms with E-state index in [1.807, 2.05) is 12.4 Å². The van der Waals surface area contributed by atoms with Crippen molar-refractivity contribution < 1.29 is 0 Å². The van der Waals surface area contributed by atoms with E-state index in [4.69, 9.17) is 0 Å². The van der Waals surface area contributed by atoms with Gasteiger partial charge in [0.15, 0.2) is 0 Å². The topological polar surface area (TPSA) is 25.8 Å². The zero-order chi connectivity index (χ0) is 18.1. The van der Waals surface area contributed by atoms with E-state index in [-0.39, 0.29) is 0 Å². The number of hydrogen-bond donors (Lipinski definition) is 0. The molecule has 2 nitrogen and oxygen atoms in total. The summed E-state index contributed by atoms with van der Waals surface area (Å²) in [5.74, 6) is 2.31. The molecule has 0 aliphatic carbocycles. The molecule has 0 radical (unpaired) electrons. The molecule has 0 atom stereocenters. The standard InChI is InChI=1S/C23H28N2/c1-14(2)20-9-8-18-11-17(7-10-21(18)22(20)15(3)4)19-12-24-23(16(5)6)25-13-19/h7-16H,1-6H3. The Bertz CT molecular complexity index is 874. The smallest absolute Gasteiger partial charge is 0.130 e. The number of hydrogen-bond acceptors (Lipinski definition) is 2. The Morgan fingerprint density at radius 3 is 1.92 bits per heavy atom. The molecule has 1 aromatic heterocycles. The lowest BCUT2D eigenvalue weighted by atomic mass is 9.86. The van der Waals surface area contributed by atoms with Crippen molar-refractivity contribution >= 4 is 10.8 Å². The first kappa shape index (κ1) is 17.6. The van der Waals surface area contributed by atoms with E-state index in [2.05, 4.69) is 81.8 Å². The molecule has 130 valence electrons. The molecule has 0 aliphatic rings. The summed E-state index contributed by atoms with van der Waals surface area (Å²) in [4.78, 5) is 9.01. The van der Waals surface area contributed by atoms with Gasteiger partial charge in [0.1, 0.15) is 5.82 Å². The van der Waals surface area contributed by atoms with E-state index >= 15 is 0 Å². The molecular weight excluding hydrogens is 304 g/mol. The van der Waals surface area contributed by atoms with Gasteiger partial charge in [-0.2, -0.15) is 0 Å². The first-order chi connectivity index (χ1) is 11.9. The molecule has 0 fully saturated rings. The molecule has 0 aliphatic heterocycles. The van der Waals surface area contributed by atoms with Crippen molar-refractivity contribution in [2.45, 2.75) is 59.3 Å². The Morgan fingerprint density at radius 1 is 0.680 bits per heavy atom. The quantitative estimate of drug-likeness (QED) is 0.533. The first-order valence-electron chi connectivity index (χ1n) is 9.27. The second-order valence-corrected chi connectivity index (χ2v) is 7.80. The third kappa shape index (κ3) is 3.44. The third-order valence-corrected chi connectivity index (χ3v) is 4.82. The van der Waals surface area contributed by atoms with E-state index < -0.39 is 0 Å². The lowest BCUT2D eigenvalue weighted by molar-refractivity contribution is 0.775. The summed E-state index contributed by atoms with van der Waals surface area (Å²) in [5.41, 5.74) is 5.19. The molecule has 1 heterocycles. The maximum atomic E-state index is 4.51. The van der Waals surface area contributed by atoms with Gasteiger partial charge in [-0.3, -0.25) is 0 Å². The van der Waals surface area contributed by atoms with Crippen LogP contribution < -0.4 is 0 Å². The fourth-order valence-corrected chi connectivity index (χ4v) is 3.48. The summed E-state index contributed by atoms with van der Waals surface area (Å²) in [7, 11) is 0. The predicted octanol–water partition coefficient (Wildman–Crippen LogP) is 6.67. The van der Waals surface area contributed by atoms with Crippen LogP contribution in [0.15, 0.2) is 42.7 Å². The summed E-state index contributed by atoms with van der Waals surface area (Å²) in [6, 6.07) is 11.3. The molecule has 2 aromatic carbocycles. The largest absolute Gasteiger partial charge is 0.240 e. The average molecular weight is 332 g/mol. The highest BCUT2D eigenvalue weighted by Crippen LogP contribution is 2.35. The van der Waals surface area contributed by atoms with Crippen molar-refractivity contribution in [2.24, 2.45) is 0 Å². The Balaban J connectivity index is 2.10. The van der Waals surface area contributed by atoms with Gasteiger partial charge in [-0.25, -0.2) is 9.97 Å². The van der Waals surface area contributed by atoms with E-state index in [9.17, 15) is 0 Å². The van der Waals surface area contributed by atoms with Gasteiger partial charge in [-0.15, -0.1) is 0 Å². The maximum Gasteiger partial charge on any atom is 0.130 e. The second kappa shape index (κ2) is 6.95. The van der Waals surface area contributed by atoms with Crippen molar-refractivity contribution in [2.75, 3.05) is 0 Å². The lowest BCUT2D eigenvalue weighted by Crippen LogP contribution is -2.00. The summed E-state index contributed by atoms with van der Waals surface area (Å²) >= 11 is 0. The summed E-state index contributed by atoms with van der Waals surface area (Å²) < 4.78 is 0. The van der Waals surface area contributed by atoms with Gasteiger partial charge < -0.3 is 0 Å². The first-order valence-corrected chi connectivity index (χ1v) is 9.27. The van der Waals surface area contributed by atoms with Crippen LogP contribution in [0.2, 0.25) is 0 Å². The molecule has 2 heteroatoms. The Hall–Kier alpha value is -2.22. The number of nitrogens with zero attached hydrogens (tertiary/aromatic N) is 2. The number of fused-ring (bicyclic) bond motifs is 1. The van der Waals surface area contributed by atoms with Gasteiger partial charge in [0.25, 0.3) is 0 Å². The maximum absolute atomic E-state index is 4.51. The van der Waals surface area contributed by atoms with Gasteiger partial charge in [0, 0.05) is 23.9 Å². The van der Waals surface area contributed by atoms with Crippen LogP contribution in [-0.2, 0) is 0 Å². The fourth-order valence-electron chi connectivity index (χ4n) is 3.48. The monoisotopic (exact) mass is 332 g/mol. The van der Waals surface area contributed by atoms with Gasteiger partial charge in [0.2, 0.25) is 0 Å². The highest BCUT2D eigenvalue weighted by molar-refractivity contribution is 5.91. The molecular formula is C23H28N2. The van der Waals surface area contributed by atoms with Crippen molar-refractivity contribution in [3.05, 3.63) is 59.7 Å².